The highest BCUT2D eigenvalue weighted by Gasteiger charge is 2.48. The normalized spacial score (nSPS) is 61.3. The fourth-order valence-corrected chi connectivity index (χ4v) is 2.97. The molecule has 0 radical (unpaired) electrons. The first-order valence-corrected chi connectivity index (χ1v) is 4.07. The minimum atomic E-state index is 0.687. The van der Waals surface area contributed by atoms with E-state index < -0.39 is 0 Å². The van der Waals surface area contributed by atoms with Crippen LogP contribution in [0.25, 0.3) is 0 Å². The van der Waals surface area contributed by atoms with Gasteiger partial charge in [-0.2, -0.15) is 0 Å². The van der Waals surface area contributed by atoms with E-state index in [1.165, 1.54) is 25.7 Å². The molecule has 2 saturated carbocycles. The van der Waals surface area contributed by atoms with Crippen molar-refractivity contribution in [3.05, 3.63) is 0 Å². The number of hydrogen-bond donors (Lipinski definition) is 0. The Labute approximate surface area is 55.4 Å². The third-order valence-electron chi connectivity index (χ3n) is 3.26. The fourth-order valence-electron chi connectivity index (χ4n) is 2.97. The van der Waals surface area contributed by atoms with E-state index in [1.54, 1.807) is 0 Å². The third kappa shape index (κ3) is 0.493. The summed E-state index contributed by atoms with van der Waals surface area (Å²) in [5.74, 6) is 2.04. The lowest BCUT2D eigenvalue weighted by Crippen LogP contribution is -2.20. The monoisotopic (exact) mass is 124 g/mol. The molecule has 2 heterocycles. The Balaban J connectivity index is 2.00. The number of rotatable bonds is 0. The minimum absolute atomic E-state index is 0.687. The van der Waals surface area contributed by atoms with Crippen LogP contribution < -0.4 is 0 Å². The van der Waals surface area contributed by atoms with Crippen LogP contribution in [0, 0.1) is 11.8 Å². The summed E-state index contributed by atoms with van der Waals surface area (Å²) < 4.78 is 5.75. The maximum atomic E-state index is 5.75. The summed E-state index contributed by atoms with van der Waals surface area (Å²) in [4.78, 5) is 0. The smallest absolute Gasteiger partial charge is 0.0610 e. The van der Waals surface area contributed by atoms with Gasteiger partial charge in [-0.15, -0.1) is 0 Å². The molecule has 4 rings (SSSR count). The molecule has 4 bridgehead atoms. The summed E-state index contributed by atoms with van der Waals surface area (Å²) in [7, 11) is 0. The Hall–Kier alpha value is -0.0400. The minimum Gasteiger partial charge on any atom is -0.375 e. The summed E-state index contributed by atoms with van der Waals surface area (Å²) in [6.45, 7) is 0. The SMILES string of the molecule is C1C2CC3CC1O[C@H]3C2. The van der Waals surface area contributed by atoms with E-state index in [0.29, 0.717) is 12.2 Å². The lowest BCUT2D eigenvalue weighted by Gasteiger charge is -2.23. The zero-order valence-electron chi connectivity index (χ0n) is 5.55. The van der Waals surface area contributed by atoms with Gasteiger partial charge in [0.15, 0.2) is 0 Å². The van der Waals surface area contributed by atoms with Gasteiger partial charge in [0.1, 0.15) is 0 Å². The van der Waals surface area contributed by atoms with Gasteiger partial charge in [0.2, 0.25) is 0 Å². The first-order chi connectivity index (χ1) is 4.42. The molecule has 4 atom stereocenters. The zero-order chi connectivity index (χ0) is 5.84. The van der Waals surface area contributed by atoms with E-state index in [1.807, 2.05) is 0 Å². The van der Waals surface area contributed by atoms with Gasteiger partial charge in [0.05, 0.1) is 12.2 Å². The average Bonchev–Trinajstić information content (AvgIpc) is 2.20. The quantitative estimate of drug-likeness (QED) is 0.476. The van der Waals surface area contributed by atoms with E-state index in [0.717, 1.165) is 11.8 Å². The predicted molar refractivity (Wildman–Crippen MR) is 34.1 cm³/mol. The Morgan fingerprint density at radius 3 is 2.67 bits per heavy atom. The molecule has 0 aromatic rings. The average molecular weight is 124 g/mol. The van der Waals surface area contributed by atoms with Gasteiger partial charge in [-0.05, 0) is 37.5 Å². The van der Waals surface area contributed by atoms with Crippen LogP contribution in [-0.2, 0) is 4.74 Å². The molecule has 2 saturated heterocycles. The summed E-state index contributed by atoms with van der Waals surface area (Å²) in [5.41, 5.74) is 0. The molecule has 50 valence electrons. The highest BCUT2D eigenvalue weighted by molar-refractivity contribution is 4.97. The van der Waals surface area contributed by atoms with Gasteiger partial charge >= 0.3 is 0 Å². The molecule has 0 amide bonds. The highest BCUT2D eigenvalue weighted by atomic mass is 16.5. The van der Waals surface area contributed by atoms with Crippen LogP contribution in [0.3, 0.4) is 0 Å². The van der Waals surface area contributed by atoms with E-state index in [9.17, 15) is 0 Å². The Morgan fingerprint density at radius 1 is 1.00 bits per heavy atom. The van der Waals surface area contributed by atoms with E-state index in [-0.39, 0.29) is 0 Å². The summed E-state index contributed by atoms with van der Waals surface area (Å²) in [6, 6.07) is 0. The van der Waals surface area contributed by atoms with Crippen molar-refractivity contribution in [2.45, 2.75) is 37.9 Å². The van der Waals surface area contributed by atoms with Crippen molar-refractivity contribution < 1.29 is 4.74 Å². The van der Waals surface area contributed by atoms with Crippen molar-refractivity contribution >= 4 is 0 Å². The Bertz CT molecular complexity index is 110. The van der Waals surface area contributed by atoms with Gasteiger partial charge in [0.25, 0.3) is 0 Å². The predicted octanol–water partition coefficient (Wildman–Crippen LogP) is 1.57. The van der Waals surface area contributed by atoms with Crippen molar-refractivity contribution in [3.63, 3.8) is 0 Å². The summed E-state index contributed by atoms with van der Waals surface area (Å²) in [5, 5.41) is 0. The molecule has 2 aliphatic carbocycles. The molecule has 2 aliphatic heterocycles. The van der Waals surface area contributed by atoms with Gasteiger partial charge in [0, 0.05) is 0 Å². The van der Waals surface area contributed by atoms with Crippen molar-refractivity contribution in [2.75, 3.05) is 0 Å². The number of hydrogen-bond acceptors (Lipinski definition) is 1. The van der Waals surface area contributed by atoms with Crippen LogP contribution in [0.15, 0.2) is 0 Å². The largest absolute Gasteiger partial charge is 0.375 e. The maximum Gasteiger partial charge on any atom is 0.0610 e. The second kappa shape index (κ2) is 1.34. The van der Waals surface area contributed by atoms with Crippen molar-refractivity contribution in [2.24, 2.45) is 11.8 Å². The second-order valence-corrected chi connectivity index (χ2v) is 3.87. The molecule has 4 aliphatic rings. The molecule has 0 aromatic heterocycles. The maximum absolute atomic E-state index is 5.75. The first kappa shape index (κ1) is 4.73. The second-order valence-electron chi connectivity index (χ2n) is 3.87. The Kier molecular flexibility index (Phi) is 0.704. The molecule has 3 unspecified atom stereocenters. The molecule has 9 heavy (non-hydrogen) atoms. The zero-order valence-corrected chi connectivity index (χ0v) is 5.55. The summed E-state index contributed by atoms with van der Waals surface area (Å²) in [6.07, 6.45) is 7.04. The molecule has 0 N–H and O–H groups in total. The van der Waals surface area contributed by atoms with E-state index >= 15 is 0 Å². The van der Waals surface area contributed by atoms with Crippen LogP contribution in [0.5, 0.6) is 0 Å². The molecular weight excluding hydrogens is 112 g/mol. The van der Waals surface area contributed by atoms with Crippen molar-refractivity contribution in [1.29, 1.82) is 0 Å². The van der Waals surface area contributed by atoms with Gasteiger partial charge in [-0.1, -0.05) is 0 Å². The molecule has 4 fully saturated rings. The standard InChI is InChI=1S/C8H12O/c1-5-2-7-4-6(1)8(3-5)9-7/h5-8H,1-4H2/t5?,6?,7?,8-/m0/s1. The van der Waals surface area contributed by atoms with Crippen LogP contribution in [0.4, 0.5) is 0 Å². The van der Waals surface area contributed by atoms with E-state index in [4.69, 9.17) is 4.74 Å². The van der Waals surface area contributed by atoms with Crippen LogP contribution in [0.2, 0.25) is 0 Å². The van der Waals surface area contributed by atoms with Gasteiger partial charge in [-0.3, -0.25) is 0 Å². The van der Waals surface area contributed by atoms with Crippen molar-refractivity contribution in [3.8, 4) is 0 Å². The molecule has 0 spiro atoms. The topological polar surface area (TPSA) is 9.23 Å². The molecule has 0 aromatic carbocycles. The fraction of sp³-hybridized carbons (Fsp3) is 1.00. The lowest BCUT2D eigenvalue weighted by atomic mass is 9.88. The van der Waals surface area contributed by atoms with Crippen LogP contribution >= 0.6 is 0 Å². The lowest BCUT2D eigenvalue weighted by molar-refractivity contribution is -0.00197. The van der Waals surface area contributed by atoms with Gasteiger partial charge < -0.3 is 4.74 Å². The third-order valence-corrected chi connectivity index (χ3v) is 3.26. The summed E-state index contributed by atoms with van der Waals surface area (Å²) >= 11 is 0. The van der Waals surface area contributed by atoms with Gasteiger partial charge in [-0.25, -0.2) is 0 Å². The highest BCUT2D eigenvalue weighted by Crippen LogP contribution is 2.50. The molecule has 1 nitrogen and oxygen atoms in total. The van der Waals surface area contributed by atoms with Crippen molar-refractivity contribution in [1.82, 2.24) is 0 Å². The molecular formula is C8H12O. The molecule has 1 heteroatoms. The Morgan fingerprint density at radius 2 is 2.00 bits per heavy atom. The van der Waals surface area contributed by atoms with Crippen LogP contribution in [0.1, 0.15) is 25.7 Å². The first-order valence-electron chi connectivity index (χ1n) is 4.07. The van der Waals surface area contributed by atoms with E-state index in [2.05, 4.69) is 0 Å². The van der Waals surface area contributed by atoms with Crippen LogP contribution in [-0.4, -0.2) is 12.2 Å². The number of ether oxygens (including phenoxy) is 1.